The minimum atomic E-state index is -0.0944. The van der Waals surface area contributed by atoms with Gasteiger partial charge in [-0.1, -0.05) is 20.4 Å². The van der Waals surface area contributed by atoms with E-state index >= 15 is 0 Å². The zero-order valence-corrected chi connectivity index (χ0v) is 14.1. The van der Waals surface area contributed by atoms with Gasteiger partial charge in [-0.15, -0.1) is 0 Å². The lowest BCUT2D eigenvalue weighted by Crippen LogP contribution is -2.50. The highest BCUT2D eigenvalue weighted by molar-refractivity contribution is 5.89. The fourth-order valence-corrected chi connectivity index (χ4v) is 4.51. The molecular formula is C18H23N5O. The van der Waals surface area contributed by atoms with E-state index in [4.69, 9.17) is 0 Å². The zero-order valence-electron chi connectivity index (χ0n) is 14.1. The minimum Gasteiger partial charge on any atom is -0.362 e. The van der Waals surface area contributed by atoms with Crippen LogP contribution in [0.2, 0.25) is 0 Å². The van der Waals surface area contributed by atoms with Crippen molar-refractivity contribution in [1.82, 2.24) is 19.9 Å². The molecule has 2 aliphatic rings. The number of carbonyl (C=O) groups is 1. The molecule has 24 heavy (non-hydrogen) atoms. The van der Waals surface area contributed by atoms with Crippen molar-refractivity contribution in [3.05, 3.63) is 31.2 Å². The number of hydrogen-bond donors (Lipinski definition) is 2. The molecule has 4 atom stereocenters. The minimum absolute atomic E-state index is 0.0385. The Morgan fingerprint density at radius 2 is 2.42 bits per heavy atom. The summed E-state index contributed by atoms with van der Waals surface area (Å²) >= 11 is 0. The van der Waals surface area contributed by atoms with Crippen LogP contribution in [0.15, 0.2) is 31.2 Å². The van der Waals surface area contributed by atoms with Crippen molar-refractivity contribution in [2.75, 3.05) is 5.32 Å². The van der Waals surface area contributed by atoms with Crippen molar-refractivity contribution in [2.45, 2.75) is 50.7 Å². The fraction of sp³-hybridized carbons (Fsp3) is 0.500. The number of amides is 1. The van der Waals surface area contributed by atoms with Crippen molar-refractivity contribution in [2.24, 2.45) is 5.92 Å². The number of nitrogens with zero attached hydrogens (tertiary/aromatic N) is 3. The summed E-state index contributed by atoms with van der Waals surface area (Å²) in [5.41, 5.74) is 0.734. The Bertz CT molecular complexity index is 800. The molecule has 0 unspecified atom stereocenters. The molecule has 6 nitrogen and oxygen atoms in total. The van der Waals surface area contributed by atoms with Crippen LogP contribution in [0, 0.1) is 5.92 Å². The molecule has 3 heterocycles. The molecule has 2 fully saturated rings. The first-order chi connectivity index (χ1) is 11.6. The average molecular weight is 325 g/mol. The van der Waals surface area contributed by atoms with Gasteiger partial charge in [0, 0.05) is 18.2 Å². The number of piperidine rings is 1. The Balaban J connectivity index is 1.67. The van der Waals surface area contributed by atoms with Crippen LogP contribution in [0.4, 0.5) is 5.82 Å². The number of carbonyl (C=O) groups excluding carboxylic acids is 1. The van der Waals surface area contributed by atoms with E-state index in [9.17, 15) is 4.79 Å². The summed E-state index contributed by atoms with van der Waals surface area (Å²) in [7, 11) is 0. The normalized spacial score (nSPS) is 31.6. The molecule has 1 aliphatic carbocycles. The number of anilines is 1. The number of aromatic nitrogens is 3. The number of H-pyrrole nitrogens is 1. The van der Waals surface area contributed by atoms with E-state index in [-0.39, 0.29) is 17.5 Å². The molecule has 0 bridgehead atoms. The molecule has 126 valence electrons. The maximum atomic E-state index is 12.4. The van der Waals surface area contributed by atoms with Gasteiger partial charge in [0.15, 0.2) is 0 Å². The molecule has 4 rings (SSSR count). The Hall–Kier alpha value is -2.37. The number of likely N-dealkylation sites (tertiary alicyclic amines) is 1. The van der Waals surface area contributed by atoms with E-state index in [1.165, 1.54) is 6.08 Å². The molecule has 6 heteroatoms. The van der Waals surface area contributed by atoms with Gasteiger partial charge in [-0.2, -0.15) is 0 Å². The van der Waals surface area contributed by atoms with E-state index < -0.39 is 0 Å². The first kappa shape index (κ1) is 15.2. The van der Waals surface area contributed by atoms with Crippen molar-refractivity contribution in [3.63, 3.8) is 0 Å². The van der Waals surface area contributed by atoms with Gasteiger partial charge in [0.25, 0.3) is 0 Å². The maximum absolute atomic E-state index is 12.4. The third-order valence-corrected chi connectivity index (χ3v) is 5.89. The van der Waals surface area contributed by atoms with Crippen LogP contribution in [-0.4, -0.2) is 43.4 Å². The number of hydrogen-bond acceptors (Lipinski definition) is 4. The standard InChI is InChI=1S/C18H23N5O/c1-4-12-6-8-18(11(3)15(18)23(12)14(24)5-2)22-17-13-7-9-19-16(13)20-10-21-17/h5,7,9-12,15H,2,4,6,8H2,1,3H3,(H2,19,20,21,22)/t11-,12+,15-,18-/m0/s1. The molecule has 1 aliphatic heterocycles. The van der Waals surface area contributed by atoms with E-state index in [1.807, 2.05) is 17.2 Å². The van der Waals surface area contributed by atoms with Gasteiger partial charge in [-0.25, -0.2) is 9.97 Å². The van der Waals surface area contributed by atoms with Gasteiger partial charge in [-0.05, 0) is 31.4 Å². The summed E-state index contributed by atoms with van der Waals surface area (Å²) in [4.78, 5) is 26.3. The van der Waals surface area contributed by atoms with E-state index in [1.54, 1.807) is 6.33 Å². The summed E-state index contributed by atoms with van der Waals surface area (Å²) in [6, 6.07) is 2.49. The van der Waals surface area contributed by atoms with Gasteiger partial charge in [0.05, 0.1) is 17.0 Å². The van der Waals surface area contributed by atoms with Gasteiger partial charge in [0.2, 0.25) is 5.91 Å². The molecule has 2 N–H and O–H groups in total. The molecule has 0 radical (unpaired) electrons. The van der Waals surface area contributed by atoms with Crippen LogP contribution in [0.3, 0.4) is 0 Å². The van der Waals surface area contributed by atoms with Crippen molar-refractivity contribution < 1.29 is 4.79 Å². The fourth-order valence-electron chi connectivity index (χ4n) is 4.51. The lowest BCUT2D eigenvalue weighted by atomic mass is 9.95. The van der Waals surface area contributed by atoms with Crippen molar-refractivity contribution in [3.8, 4) is 0 Å². The number of aromatic amines is 1. The number of rotatable bonds is 4. The van der Waals surface area contributed by atoms with Crippen LogP contribution in [-0.2, 0) is 4.79 Å². The van der Waals surface area contributed by atoms with E-state index in [2.05, 4.69) is 40.7 Å². The lowest BCUT2D eigenvalue weighted by molar-refractivity contribution is -0.130. The van der Waals surface area contributed by atoms with E-state index in [0.29, 0.717) is 12.0 Å². The molecular weight excluding hydrogens is 302 g/mol. The van der Waals surface area contributed by atoms with Gasteiger partial charge in [0.1, 0.15) is 17.8 Å². The molecule has 1 amide bonds. The Morgan fingerprint density at radius 1 is 1.58 bits per heavy atom. The Morgan fingerprint density at radius 3 is 3.17 bits per heavy atom. The average Bonchev–Trinajstić information content (AvgIpc) is 2.98. The van der Waals surface area contributed by atoms with Crippen molar-refractivity contribution >= 4 is 22.8 Å². The van der Waals surface area contributed by atoms with Gasteiger partial charge < -0.3 is 15.2 Å². The highest BCUT2D eigenvalue weighted by atomic mass is 16.2. The zero-order chi connectivity index (χ0) is 16.9. The van der Waals surface area contributed by atoms with Crippen LogP contribution in [0.1, 0.15) is 33.1 Å². The van der Waals surface area contributed by atoms with Crippen LogP contribution in [0.5, 0.6) is 0 Å². The van der Waals surface area contributed by atoms with Crippen LogP contribution in [0.25, 0.3) is 11.0 Å². The first-order valence-corrected chi connectivity index (χ1v) is 8.63. The summed E-state index contributed by atoms with van der Waals surface area (Å²) in [6.45, 7) is 8.05. The highest BCUT2D eigenvalue weighted by Crippen LogP contribution is 2.56. The summed E-state index contributed by atoms with van der Waals surface area (Å²) in [5, 5.41) is 4.65. The van der Waals surface area contributed by atoms with Gasteiger partial charge >= 0.3 is 0 Å². The Kier molecular flexibility index (Phi) is 3.37. The molecule has 2 aromatic heterocycles. The largest absolute Gasteiger partial charge is 0.362 e. The summed E-state index contributed by atoms with van der Waals surface area (Å²) < 4.78 is 0. The predicted molar refractivity (Wildman–Crippen MR) is 93.6 cm³/mol. The number of nitrogens with one attached hydrogen (secondary N) is 2. The molecule has 0 spiro atoms. The SMILES string of the molecule is C=CC(=O)N1[C@H](CC)CC[C@@]2(Nc3ncnc4[nH]ccc34)[C@@H]1[C@@H]2C. The second-order valence-electron chi connectivity index (χ2n) is 6.91. The highest BCUT2D eigenvalue weighted by Gasteiger charge is 2.68. The third-order valence-electron chi connectivity index (χ3n) is 5.89. The number of fused-ring (bicyclic) bond motifs is 2. The summed E-state index contributed by atoms with van der Waals surface area (Å²) in [5.74, 6) is 1.27. The molecule has 1 saturated carbocycles. The lowest BCUT2D eigenvalue weighted by Gasteiger charge is -2.38. The van der Waals surface area contributed by atoms with Crippen LogP contribution >= 0.6 is 0 Å². The van der Waals surface area contributed by atoms with Crippen molar-refractivity contribution in [1.29, 1.82) is 0 Å². The first-order valence-electron chi connectivity index (χ1n) is 8.63. The van der Waals surface area contributed by atoms with Crippen LogP contribution < -0.4 is 5.32 Å². The second-order valence-corrected chi connectivity index (χ2v) is 6.91. The predicted octanol–water partition coefficient (Wildman–Crippen LogP) is 2.71. The van der Waals surface area contributed by atoms with E-state index in [0.717, 1.165) is 36.1 Å². The third kappa shape index (κ3) is 1.98. The second kappa shape index (κ2) is 5.33. The topological polar surface area (TPSA) is 73.9 Å². The molecule has 2 aromatic rings. The maximum Gasteiger partial charge on any atom is 0.246 e. The molecule has 1 saturated heterocycles. The molecule has 0 aromatic carbocycles. The Labute approximate surface area is 141 Å². The summed E-state index contributed by atoms with van der Waals surface area (Å²) in [6.07, 6.45) is 7.93. The smallest absolute Gasteiger partial charge is 0.246 e. The van der Waals surface area contributed by atoms with Gasteiger partial charge in [-0.3, -0.25) is 4.79 Å². The quantitative estimate of drug-likeness (QED) is 0.848. The monoisotopic (exact) mass is 325 g/mol.